The van der Waals surface area contributed by atoms with Crippen molar-refractivity contribution in [3.8, 4) is 0 Å². The van der Waals surface area contributed by atoms with Crippen LogP contribution in [0.1, 0.15) is 17.5 Å². The minimum Gasteiger partial charge on any atom is -0.265 e. The Bertz CT molecular complexity index is 776. The topological polar surface area (TPSA) is 50.3 Å². The molecule has 23 heavy (non-hydrogen) atoms. The summed E-state index contributed by atoms with van der Waals surface area (Å²) >= 11 is 1.81. The van der Waals surface area contributed by atoms with Crippen molar-refractivity contribution in [3.05, 3.63) is 53.9 Å². The van der Waals surface area contributed by atoms with Gasteiger partial charge < -0.3 is 0 Å². The fourth-order valence-electron chi connectivity index (χ4n) is 2.63. The van der Waals surface area contributed by atoms with Crippen molar-refractivity contribution in [2.75, 3.05) is 19.3 Å². The van der Waals surface area contributed by atoms with Crippen molar-refractivity contribution in [2.24, 2.45) is 0 Å². The molecule has 1 aromatic carbocycles. The molecule has 0 amide bonds. The number of benzene rings is 1. The summed E-state index contributed by atoms with van der Waals surface area (Å²) in [4.78, 5) is 5.59. The van der Waals surface area contributed by atoms with Crippen LogP contribution in [0.4, 0.5) is 0 Å². The molecule has 0 aliphatic carbocycles. The number of aromatic nitrogens is 1. The van der Waals surface area contributed by atoms with Crippen LogP contribution >= 0.6 is 11.8 Å². The van der Waals surface area contributed by atoms with Crippen LogP contribution in [0.25, 0.3) is 0 Å². The van der Waals surface area contributed by atoms with E-state index in [2.05, 4.69) is 4.98 Å². The zero-order valence-electron chi connectivity index (χ0n) is 13.1. The molecule has 2 aromatic rings. The third-order valence-corrected chi connectivity index (χ3v) is 7.11. The van der Waals surface area contributed by atoms with Gasteiger partial charge in [-0.15, -0.1) is 11.8 Å². The van der Waals surface area contributed by atoms with Crippen molar-refractivity contribution in [1.29, 1.82) is 0 Å². The lowest BCUT2D eigenvalue weighted by Crippen LogP contribution is -2.29. The minimum atomic E-state index is -3.43. The fraction of sp³-hybridized carbons (Fsp3) is 0.353. The largest absolute Gasteiger partial charge is 0.265 e. The standard InChI is InChI=1S/C17H20N2O2S2/c1-19(11-8-14-6-9-18-10-7-14)23(20,21)16-4-5-17-15(13-16)3-2-12-22-17/h4-7,9-10,13H,2-3,8,11-12H2,1H3. The van der Waals surface area contributed by atoms with Gasteiger partial charge in [0, 0.05) is 30.9 Å². The van der Waals surface area contributed by atoms with Crippen LogP contribution in [0.2, 0.25) is 0 Å². The Balaban J connectivity index is 1.75. The van der Waals surface area contributed by atoms with Crippen LogP contribution in [-0.2, 0) is 22.9 Å². The molecule has 1 aliphatic rings. The molecule has 6 heteroatoms. The van der Waals surface area contributed by atoms with Gasteiger partial charge in [-0.2, -0.15) is 0 Å². The smallest absolute Gasteiger partial charge is 0.242 e. The highest BCUT2D eigenvalue weighted by Gasteiger charge is 2.22. The van der Waals surface area contributed by atoms with E-state index in [4.69, 9.17) is 0 Å². The maximum Gasteiger partial charge on any atom is 0.242 e. The summed E-state index contributed by atoms with van der Waals surface area (Å²) in [5.74, 6) is 1.12. The van der Waals surface area contributed by atoms with Crippen LogP contribution in [0.3, 0.4) is 0 Å². The minimum absolute atomic E-state index is 0.399. The SMILES string of the molecule is CN(CCc1ccncc1)S(=O)(=O)c1ccc2c(c1)CCCS2. The highest BCUT2D eigenvalue weighted by Crippen LogP contribution is 2.32. The van der Waals surface area contributed by atoms with E-state index in [1.165, 1.54) is 9.20 Å². The molecule has 0 N–H and O–H groups in total. The summed E-state index contributed by atoms with van der Waals surface area (Å²) < 4.78 is 26.9. The summed E-state index contributed by atoms with van der Waals surface area (Å²) in [5, 5.41) is 0. The highest BCUT2D eigenvalue weighted by atomic mass is 32.2. The number of thioether (sulfide) groups is 1. The zero-order chi connectivity index (χ0) is 16.3. The van der Waals surface area contributed by atoms with Gasteiger partial charge in [-0.25, -0.2) is 12.7 Å². The molecule has 0 unspecified atom stereocenters. The molecule has 3 rings (SSSR count). The summed E-state index contributed by atoms with van der Waals surface area (Å²) in [6.07, 6.45) is 6.21. The first-order chi connectivity index (χ1) is 11.1. The third kappa shape index (κ3) is 3.76. The molecule has 0 spiro atoms. The average Bonchev–Trinajstić information content (AvgIpc) is 2.60. The van der Waals surface area contributed by atoms with E-state index in [-0.39, 0.29) is 0 Å². The summed E-state index contributed by atoms with van der Waals surface area (Å²) in [6, 6.07) is 9.35. The maximum atomic E-state index is 12.7. The Labute approximate surface area is 142 Å². The lowest BCUT2D eigenvalue weighted by molar-refractivity contribution is 0.472. The van der Waals surface area contributed by atoms with Crippen molar-refractivity contribution in [2.45, 2.75) is 29.1 Å². The second-order valence-electron chi connectivity index (χ2n) is 5.65. The van der Waals surface area contributed by atoms with E-state index < -0.39 is 10.0 Å². The number of sulfonamides is 1. The van der Waals surface area contributed by atoms with Crippen molar-refractivity contribution < 1.29 is 8.42 Å². The second-order valence-corrected chi connectivity index (χ2v) is 8.84. The molecule has 2 heterocycles. The Kier molecular flexibility index (Phi) is 5.04. The number of hydrogen-bond acceptors (Lipinski definition) is 4. The molecule has 4 nitrogen and oxygen atoms in total. The van der Waals surface area contributed by atoms with Crippen LogP contribution in [0.15, 0.2) is 52.5 Å². The van der Waals surface area contributed by atoms with Gasteiger partial charge in [-0.05, 0) is 66.5 Å². The van der Waals surface area contributed by atoms with Gasteiger partial charge in [-0.3, -0.25) is 4.98 Å². The van der Waals surface area contributed by atoms with Gasteiger partial charge in [0.05, 0.1) is 4.90 Å². The predicted molar refractivity (Wildman–Crippen MR) is 93.2 cm³/mol. The van der Waals surface area contributed by atoms with Gasteiger partial charge in [0.15, 0.2) is 0 Å². The lowest BCUT2D eigenvalue weighted by Gasteiger charge is -2.20. The third-order valence-electron chi connectivity index (χ3n) is 4.05. The van der Waals surface area contributed by atoms with Crippen LogP contribution in [0, 0.1) is 0 Å². The molecular weight excluding hydrogens is 328 g/mol. The number of rotatable bonds is 5. The lowest BCUT2D eigenvalue weighted by atomic mass is 10.1. The van der Waals surface area contributed by atoms with E-state index in [1.807, 2.05) is 36.0 Å². The van der Waals surface area contributed by atoms with E-state index in [9.17, 15) is 8.42 Å². The van der Waals surface area contributed by atoms with E-state index in [1.54, 1.807) is 25.5 Å². The molecule has 0 radical (unpaired) electrons. The normalized spacial score (nSPS) is 14.7. The van der Waals surface area contributed by atoms with Crippen molar-refractivity contribution in [3.63, 3.8) is 0 Å². The number of likely N-dealkylation sites (N-methyl/N-ethyl adjacent to an activating group) is 1. The number of aryl methyl sites for hydroxylation is 1. The molecule has 1 aromatic heterocycles. The van der Waals surface area contributed by atoms with Crippen LogP contribution in [-0.4, -0.2) is 37.1 Å². The van der Waals surface area contributed by atoms with E-state index in [0.717, 1.165) is 29.7 Å². The summed E-state index contributed by atoms with van der Waals surface area (Å²) in [7, 11) is -1.79. The summed E-state index contributed by atoms with van der Waals surface area (Å²) in [6.45, 7) is 0.457. The zero-order valence-corrected chi connectivity index (χ0v) is 14.7. The number of nitrogens with zero attached hydrogens (tertiary/aromatic N) is 2. The van der Waals surface area contributed by atoms with Crippen LogP contribution in [0.5, 0.6) is 0 Å². The number of pyridine rings is 1. The molecule has 0 saturated heterocycles. The molecular formula is C17H20N2O2S2. The van der Waals surface area contributed by atoms with E-state index in [0.29, 0.717) is 17.9 Å². The molecule has 0 saturated carbocycles. The second kappa shape index (κ2) is 7.03. The summed E-state index contributed by atoms with van der Waals surface area (Å²) in [5.41, 5.74) is 2.24. The van der Waals surface area contributed by atoms with Crippen molar-refractivity contribution in [1.82, 2.24) is 9.29 Å². The molecule has 0 bridgehead atoms. The van der Waals surface area contributed by atoms with Crippen molar-refractivity contribution >= 4 is 21.8 Å². The first-order valence-electron chi connectivity index (χ1n) is 7.68. The monoisotopic (exact) mass is 348 g/mol. The maximum absolute atomic E-state index is 12.7. The quantitative estimate of drug-likeness (QED) is 0.833. The Morgan fingerprint density at radius 2 is 2.00 bits per heavy atom. The molecule has 122 valence electrons. The van der Waals surface area contributed by atoms with Crippen LogP contribution < -0.4 is 0 Å². The van der Waals surface area contributed by atoms with E-state index >= 15 is 0 Å². The van der Waals surface area contributed by atoms with Gasteiger partial charge in [0.1, 0.15) is 0 Å². The first-order valence-corrected chi connectivity index (χ1v) is 10.1. The first kappa shape index (κ1) is 16.5. The van der Waals surface area contributed by atoms with Gasteiger partial charge in [0.2, 0.25) is 10.0 Å². The molecule has 0 atom stereocenters. The van der Waals surface area contributed by atoms with Gasteiger partial charge >= 0.3 is 0 Å². The number of fused-ring (bicyclic) bond motifs is 1. The number of hydrogen-bond donors (Lipinski definition) is 0. The molecule has 1 aliphatic heterocycles. The highest BCUT2D eigenvalue weighted by molar-refractivity contribution is 7.99. The predicted octanol–water partition coefficient (Wildman–Crippen LogP) is 2.98. The fourth-order valence-corrected chi connectivity index (χ4v) is 4.88. The van der Waals surface area contributed by atoms with Gasteiger partial charge in [0.25, 0.3) is 0 Å². The molecule has 0 fully saturated rings. The average molecular weight is 348 g/mol. The Morgan fingerprint density at radius 3 is 2.78 bits per heavy atom. The Morgan fingerprint density at radius 1 is 1.22 bits per heavy atom. The Hall–Kier alpha value is -1.37. The van der Waals surface area contributed by atoms with Gasteiger partial charge in [-0.1, -0.05) is 0 Å².